The third-order valence-corrected chi connectivity index (χ3v) is 4.27. The number of halogens is 2. The van der Waals surface area contributed by atoms with Crippen LogP contribution in [0.15, 0.2) is 22.7 Å². The highest BCUT2D eigenvalue weighted by Gasteiger charge is 2.26. The van der Waals surface area contributed by atoms with Crippen molar-refractivity contribution in [3.8, 4) is 0 Å². The van der Waals surface area contributed by atoms with Crippen LogP contribution in [0.1, 0.15) is 19.8 Å². The van der Waals surface area contributed by atoms with E-state index in [1.807, 2.05) is 25.1 Å². The molecule has 3 nitrogen and oxygen atoms in total. The van der Waals surface area contributed by atoms with E-state index in [4.69, 9.17) is 16.3 Å². The van der Waals surface area contributed by atoms with Crippen LogP contribution in [0.3, 0.4) is 0 Å². The number of ether oxygens (including phenoxy) is 1. The van der Waals surface area contributed by atoms with Gasteiger partial charge in [-0.05, 0) is 53.9 Å². The number of piperidine rings is 1. The second-order valence-electron chi connectivity index (χ2n) is 4.61. The Labute approximate surface area is 127 Å². The monoisotopic (exact) mass is 345 g/mol. The maximum absolute atomic E-state index is 11.7. The van der Waals surface area contributed by atoms with Gasteiger partial charge >= 0.3 is 5.97 Å². The molecule has 1 fully saturated rings. The van der Waals surface area contributed by atoms with Gasteiger partial charge in [0.05, 0.1) is 18.2 Å². The summed E-state index contributed by atoms with van der Waals surface area (Å²) in [4.78, 5) is 13.9. The number of benzene rings is 1. The van der Waals surface area contributed by atoms with Gasteiger partial charge in [0.1, 0.15) is 0 Å². The standard InChI is InChI=1S/C14H17BrClNO2/c1-2-19-14(18)10-5-7-17(8-6-10)13-9-11(16)3-4-12(13)15/h3-4,9-10H,2,5-8H2,1H3. The van der Waals surface area contributed by atoms with E-state index in [2.05, 4.69) is 20.8 Å². The topological polar surface area (TPSA) is 29.5 Å². The van der Waals surface area contributed by atoms with E-state index in [1.165, 1.54) is 0 Å². The summed E-state index contributed by atoms with van der Waals surface area (Å²) in [6, 6.07) is 5.77. The first kappa shape index (κ1) is 14.7. The van der Waals surface area contributed by atoms with E-state index >= 15 is 0 Å². The molecule has 0 bridgehead atoms. The lowest BCUT2D eigenvalue weighted by Gasteiger charge is -2.33. The van der Waals surface area contributed by atoms with Gasteiger partial charge in [-0.25, -0.2) is 0 Å². The number of hydrogen-bond donors (Lipinski definition) is 0. The Morgan fingerprint density at radius 2 is 2.16 bits per heavy atom. The molecule has 0 N–H and O–H groups in total. The highest BCUT2D eigenvalue weighted by molar-refractivity contribution is 9.10. The molecule has 1 aliphatic heterocycles. The fourth-order valence-corrected chi connectivity index (χ4v) is 3.01. The Kier molecular flexibility index (Phi) is 5.11. The van der Waals surface area contributed by atoms with Crippen LogP contribution in [0.25, 0.3) is 0 Å². The quantitative estimate of drug-likeness (QED) is 0.778. The molecule has 0 amide bonds. The van der Waals surface area contributed by atoms with E-state index in [1.54, 1.807) is 0 Å². The van der Waals surface area contributed by atoms with Gasteiger partial charge in [0, 0.05) is 22.6 Å². The van der Waals surface area contributed by atoms with Gasteiger partial charge in [0.25, 0.3) is 0 Å². The molecule has 0 atom stereocenters. The number of nitrogens with zero attached hydrogens (tertiary/aromatic N) is 1. The molecule has 0 unspecified atom stereocenters. The highest BCUT2D eigenvalue weighted by Crippen LogP contribution is 2.32. The second kappa shape index (κ2) is 6.62. The number of anilines is 1. The highest BCUT2D eigenvalue weighted by atomic mass is 79.9. The molecule has 104 valence electrons. The lowest BCUT2D eigenvalue weighted by molar-refractivity contribution is -0.148. The number of carbonyl (C=O) groups excluding carboxylic acids is 1. The number of hydrogen-bond acceptors (Lipinski definition) is 3. The molecule has 0 radical (unpaired) electrons. The SMILES string of the molecule is CCOC(=O)C1CCN(c2cc(Cl)ccc2Br)CC1. The summed E-state index contributed by atoms with van der Waals surface area (Å²) in [5.41, 5.74) is 1.09. The van der Waals surface area contributed by atoms with Gasteiger partial charge in [-0.3, -0.25) is 4.79 Å². The Morgan fingerprint density at radius 1 is 1.47 bits per heavy atom. The first-order valence-corrected chi connectivity index (χ1v) is 7.65. The first-order chi connectivity index (χ1) is 9.11. The van der Waals surface area contributed by atoms with Crippen LogP contribution in [0.2, 0.25) is 5.02 Å². The van der Waals surface area contributed by atoms with Crippen molar-refractivity contribution in [2.75, 3.05) is 24.6 Å². The van der Waals surface area contributed by atoms with Gasteiger partial charge in [-0.1, -0.05) is 11.6 Å². The molecule has 0 spiro atoms. The lowest BCUT2D eigenvalue weighted by atomic mass is 9.96. The van der Waals surface area contributed by atoms with Gasteiger partial charge in [-0.2, -0.15) is 0 Å². The summed E-state index contributed by atoms with van der Waals surface area (Å²) in [6.07, 6.45) is 1.66. The molecule has 1 aromatic carbocycles. The zero-order valence-corrected chi connectivity index (χ0v) is 13.2. The molecule has 1 aromatic rings. The van der Waals surface area contributed by atoms with Crippen molar-refractivity contribution in [2.45, 2.75) is 19.8 Å². The average molecular weight is 347 g/mol. The molecule has 19 heavy (non-hydrogen) atoms. The van der Waals surface area contributed by atoms with Crippen LogP contribution < -0.4 is 4.90 Å². The minimum Gasteiger partial charge on any atom is -0.466 e. The molecule has 5 heteroatoms. The van der Waals surface area contributed by atoms with Crippen molar-refractivity contribution in [3.05, 3.63) is 27.7 Å². The van der Waals surface area contributed by atoms with E-state index in [0.717, 1.165) is 41.1 Å². The van der Waals surface area contributed by atoms with Crippen molar-refractivity contribution in [1.29, 1.82) is 0 Å². The van der Waals surface area contributed by atoms with Crippen molar-refractivity contribution in [1.82, 2.24) is 0 Å². The molecule has 0 saturated carbocycles. The van der Waals surface area contributed by atoms with E-state index in [0.29, 0.717) is 6.61 Å². The number of rotatable bonds is 3. The van der Waals surface area contributed by atoms with Crippen LogP contribution >= 0.6 is 27.5 Å². The minimum absolute atomic E-state index is 0.0363. The summed E-state index contributed by atoms with van der Waals surface area (Å²) in [5, 5.41) is 0.728. The normalized spacial score (nSPS) is 16.5. The molecular formula is C14H17BrClNO2. The molecular weight excluding hydrogens is 330 g/mol. The molecule has 2 rings (SSSR count). The molecule has 1 saturated heterocycles. The van der Waals surface area contributed by atoms with Crippen LogP contribution in [0.4, 0.5) is 5.69 Å². The van der Waals surface area contributed by atoms with Crippen LogP contribution in [-0.2, 0) is 9.53 Å². The smallest absolute Gasteiger partial charge is 0.309 e. The first-order valence-electron chi connectivity index (χ1n) is 6.48. The largest absolute Gasteiger partial charge is 0.466 e. The molecule has 1 heterocycles. The molecule has 0 aliphatic carbocycles. The van der Waals surface area contributed by atoms with E-state index in [-0.39, 0.29) is 11.9 Å². The van der Waals surface area contributed by atoms with Crippen LogP contribution in [0, 0.1) is 5.92 Å². The van der Waals surface area contributed by atoms with E-state index in [9.17, 15) is 4.79 Å². The Morgan fingerprint density at radius 3 is 2.79 bits per heavy atom. The summed E-state index contributed by atoms with van der Waals surface area (Å²) in [5.74, 6) is -0.0264. The van der Waals surface area contributed by atoms with Gasteiger partial charge in [0.15, 0.2) is 0 Å². The zero-order valence-electron chi connectivity index (χ0n) is 10.9. The fraction of sp³-hybridized carbons (Fsp3) is 0.500. The Balaban J connectivity index is 2.00. The van der Waals surface area contributed by atoms with Crippen molar-refractivity contribution < 1.29 is 9.53 Å². The van der Waals surface area contributed by atoms with Gasteiger partial charge < -0.3 is 9.64 Å². The van der Waals surface area contributed by atoms with E-state index < -0.39 is 0 Å². The van der Waals surface area contributed by atoms with Gasteiger partial charge in [0.2, 0.25) is 0 Å². The summed E-state index contributed by atoms with van der Waals surface area (Å²) in [6.45, 7) is 4.00. The maximum atomic E-state index is 11.7. The Hall–Kier alpha value is -0.740. The fourth-order valence-electron chi connectivity index (χ4n) is 2.34. The summed E-state index contributed by atoms with van der Waals surface area (Å²) >= 11 is 9.58. The predicted octanol–water partition coefficient (Wildman–Crippen LogP) is 3.88. The van der Waals surface area contributed by atoms with Crippen LogP contribution in [0.5, 0.6) is 0 Å². The third-order valence-electron chi connectivity index (χ3n) is 3.36. The Bertz CT molecular complexity index is 459. The maximum Gasteiger partial charge on any atom is 0.309 e. The summed E-state index contributed by atoms with van der Waals surface area (Å²) < 4.78 is 6.11. The molecule has 1 aliphatic rings. The van der Waals surface area contributed by atoms with Crippen molar-refractivity contribution in [2.24, 2.45) is 5.92 Å². The van der Waals surface area contributed by atoms with Crippen LogP contribution in [-0.4, -0.2) is 25.7 Å². The lowest BCUT2D eigenvalue weighted by Crippen LogP contribution is -2.37. The summed E-state index contributed by atoms with van der Waals surface area (Å²) in [7, 11) is 0. The predicted molar refractivity (Wildman–Crippen MR) is 80.7 cm³/mol. The zero-order chi connectivity index (χ0) is 13.8. The van der Waals surface area contributed by atoms with Gasteiger partial charge in [-0.15, -0.1) is 0 Å². The van der Waals surface area contributed by atoms with Crippen molar-refractivity contribution >= 4 is 39.2 Å². The minimum atomic E-state index is -0.0627. The molecule has 0 aromatic heterocycles. The average Bonchev–Trinajstić information content (AvgIpc) is 2.42. The van der Waals surface area contributed by atoms with Crippen molar-refractivity contribution in [3.63, 3.8) is 0 Å². The number of esters is 1. The third kappa shape index (κ3) is 3.63. The second-order valence-corrected chi connectivity index (χ2v) is 5.90. The number of carbonyl (C=O) groups is 1.